The van der Waals surface area contributed by atoms with Gasteiger partial charge in [0.1, 0.15) is 33.1 Å². The van der Waals surface area contributed by atoms with E-state index in [0.29, 0.717) is 16.3 Å². The first-order valence-corrected chi connectivity index (χ1v) is 10.9. The van der Waals surface area contributed by atoms with Crippen molar-refractivity contribution in [1.82, 2.24) is 15.2 Å². The lowest BCUT2D eigenvalue weighted by atomic mass is 10.2. The predicted octanol–water partition coefficient (Wildman–Crippen LogP) is 6.15. The topological polar surface area (TPSA) is 47.9 Å². The SMILES string of the molecule is COc1ccc(-c2nc(C)c(-c3ccc(SCc4cc(F)cc(F)c4)nn3)s2)cc1. The van der Waals surface area contributed by atoms with Crippen molar-refractivity contribution < 1.29 is 13.5 Å². The van der Waals surface area contributed by atoms with Gasteiger partial charge in [0.15, 0.2) is 0 Å². The summed E-state index contributed by atoms with van der Waals surface area (Å²) >= 11 is 2.93. The van der Waals surface area contributed by atoms with Gasteiger partial charge < -0.3 is 4.74 Å². The molecule has 0 spiro atoms. The number of hydrogen-bond acceptors (Lipinski definition) is 6. The maximum Gasteiger partial charge on any atom is 0.126 e. The van der Waals surface area contributed by atoms with Crippen molar-refractivity contribution in [3.63, 3.8) is 0 Å². The Kier molecular flexibility index (Phi) is 6.06. The fourth-order valence-electron chi connectivity index (χ4n) is 2.86. The Hall–Kier alpha value is -2.84. The van der Waals surface area contributed by atoms with E-state index in [9.17, 15) is 8.78 Å². The number of ether oxygens (including phenoxy) is 1. The maximum absolute atomic E-state index is 13.3. The molecule has 0 amide bonds. The van der Waals surface area contributed by atoms with Crippen LogP contribution in [0.4, 0.5) is 8.78 Å². The summed E-state index contributed by atoms with van der Waals surface area (Å²) in [4.78, 5) is 5.62. The fraction of sp³-hybridized carbons (Fsp3) is 0.136. The number of thioether (sulfide) groups is 1. The Balaban J connectivity index is 1.49. The molecular formula is C22H17F2N3OS2. The Bertz CT molecular complexity index is 1140. The van der Waals surface area contributed by atoms with E-state index in [1.54, 1.807) is 18.4 Å². The van der Waals surface area contributed by atoms with Crippen LogP contribution in [0.15, 0.2) is 59.6 Å². The molecule has 0 aliphatic heterocycles. The molecule has 0 fully saturated rings. The Labute approximate surface area is 181 Å². The number of rotatable bonds is 6. The number of aryl methyl sites for hydroxylation is 1. The summed E-state index contributed by atoms with van der Waals surface area (Å²) in [6.45, 7) is 1.95. The van der Waals surface area contributed by atoms with Crippen molar-refractivity contribution in [1.29, 1.82) is 0 Å². The van der Waals surface area contributed by atoms with E-state index in [-0.39, 0.29) is 0 Å². The molecule has 4 nitrogen and oxygen atoms in total. The highest BCUT2D eigenvalue weighted by molar-refractivity contribution is 7.98. The minimum Gasteiger partial charge on any atom is -0.497 e. The molecule has 4 rings (SSSR count). The number of methoxy groups -OCH3 is 1. The molecule has 0 N–H and O–H groups in total. The van der Waals surface area contributed by atoms with Gasteiger partial charge in [-0.05, 0) is 61.0 Å². The first-order valence-electron chi connectivity index (χ1n) is 9.05. The summed E-state index contributed by atoms with van der Waals surface area (Å²) in [6, 6.07) is 15.0. The van der Waals surface area contributed by atoms with Crippen LogP contribution in [0.3, 0.4) is 0 Å². The van der Waals surface area contributed by atoms with Crippen LogP contribution in [-0.2, 0) is 5.75 Å². The van der Waals surface area contributed by atoms with Crippen LogP contribution in [0.25, 0.3) is 21.1 Å². The van der Waals surface area contributed by atoms with Crippen molar-refractivity contribution in [3.8, 4) is 26.9 Å². The van der Waals surface area contributed by atoms with Gasteiger partial charge in [0.2, 0.25) is 0 Å². The third-order valence-electron chi connectivity index (χ3n) is 4.32. The van der Waals surface area contributed by atoms with Gasteiger partial charge in [-0.2, -0.15) is 0 Å². The molecule has 0 aliphatic rings. The summed E-state index contributed by atoms with van der Waals surface area (Å²) in [5, 5.41) is 10.2. The average Bonchev–Trinajstić information content (AvgIpc) is 3.13. The standard InChI is InChI=1S/C22H17F2N3OS2/c1-13-21(30-22(25-13)15-3-5-18(28-2)6-4-15)19-7-8-20(27-26-19)29-12-14-9-16(23)11-17(24)10-14/h3-11H,12H2,1-2H3. The average molecular weight is 442 g/mol. The molecule has 0 aliphatic carbocycles. The zero-order valence-electron chi connectivity index (χ0n) is 16.2. The maximum atomic E-state index is 13.3. The second kappa shape index (κ2) is 8.89. The zero-order chi connectivity index (χ0) is 21.1. The van der Waals surface area contributed by atoms with Gasteiger partial charge in [0.25, 0.3) is 0 Å². The van der Waals surface area contributed by atoms with Crippen molar-refractivity contribution >= 4 is 23.1 Å². The molecule has 0 unspecified atom stereocenters. The lowest BCUT2D eigenvalue weighted by molar-refractivity contribution is 0.415. The first kappa shape index (κ1) is 20.4. The number of hydrogen-bond donors (Lipinski definition) is 0. The Morgan fingerprint density at radius 3 is 2.33 bits per heavy atom. The van der Waals surface area contributed by atoms with Gasteiger partial charge in [0, 0.05) is 17.4 Å². The minimum atomic E-state index is -0.583. The van der Waals surface area contributed by atoms with Crippen LogP contribution < -0.4 is 4.74 Å². The van der Waals surface area contributed by atoms with Crippen molar-refractivity contribution in [2.24, 2.45) is 0 Å². The van der Waals surface area contributed by atoms with Crippen molar-refractivity contribution in [2.45, 2.75) is 17.7 Å². The highest BCUT2D eigenvalue weighted by Gasteiger charge is 2.13. The van der Waals surface area contributed by atoms with Crippen molar-refractivity contribution in [3.05, 3.63) is 77.5 Å². The second-order valence-corrected chi connectivity index (χ2v) is 8.48. The lowest BCUT2D eigenvalue weighted by Crippen LogP contribution is -1.91. The monoisotopic (exact) mass is 441 g/mol. The van der Waals surface area contributed by atoms with Crippen LogP contribution >= 0.6 is 23.1 Å². The van der Waals surface area contributed by atoms with Crippen LogP contribution in [0.5, 0.6) is 5.75 Å². The van der Waals surface area contributed by atoms with Crippen LogP contribution in [0.1, 0.15) is 11.3 Å². The lowest BCUT2D eigenvalue weighted by Gasteiger charge is -2.03. The summed E-state index contributed by atoms with van der Waals surface area (Å²) in [7, 11) is 1.64. The largest absolute Gasteiger partial charge is 0.497 e. The first-order chi connectivity index (χ1) is 14.5. The van der Waals surface area contributed by atoms with E-state index in [4.69, 9.17) is 4.74 Å². The smallest absolute Gasteiger partial charge is 0.126 e. The highest BCUT2D eigenvalue weighted by atomic mass is 32.2. The van der Waals surface area contributed by atoms with Crippen molar-refractivity contribution in [2.75, 3.05) is 7.11 Å². The molecule has 30 heavy (non-hydrogen) atoms. The van der Waals surface area contributed by atoms with Gasteiger partial charge in [-0.1, -0.05) is 11.8 Å². The summed E-state index contributed by atoms with van der Waals surface area (Å²) in [5.74, 6) is 0.0390. The van der Waals surface area contributed by atoms with Crippen LogP contribution in [0.2, 0.25) is 0 Å². The minimum absolute atomic E-state index is 0.407. The molecule has 4 aromatic rings. The van der Waals surface area contributed by atoms with Gasteiger partial charge in [-0.25, -0.2) is 13.8 Å². The van der Waals surface area contributed by atoms with E-state index in [1.807, 2.05) is 43.3 Å². The highest BCUT2D eigenvalue weighted by Crippen LogP contribution is 2.35. The van der Waals surface area contributed by atoms with E-state index < -0.39 is 11.6 Å². The third kappa shape index (κ3) is 4.66. The molecule has 152 valence electrons. The van der Waals surface area contributed by atoms with E-state index in [1.165, 1.54) is 23.9 Å². The zero-order valence-corrected chi connectivity index (χ0v) is 17.9. The Morgan fingerprint density at radius 1 is 0.967 bits per heavy atom. The molecular weight excluding hydrogens is 424 g/mol. The number of aromatic nitrogens is 3. The Morgan fingerprint density at radius 2 is 1.70 bits per heavy atom. The number of benzene rings is 2. The van der Waals surface area contributed by atoms with Crippen LogP contribution in [-0.4, -0.2) is 22.3 Å². The molecule has 0 saturated heterocycles. The number of halogens is 2. The quantitative estimate of drug-likeness (QED) is 0.336. The molecule has 0 radical (unpaired) electrons. The molecule has 0 bridgehead atoms. The summed E-state index contributed by atoms with van der Waals surface area (Å²) in [5.41, 5.74) is 3.20. The number of thiazole rings is 1. The molecule has 0 saturated carbocycles. The third-order valence-corrected chi connectivity index (χ3v) is 6.54. The van der Waals surface area contributed by atoms with Gasteiger partial charge in [-0.3, -0.25) is 0 Å². The molecule has 2 aromatic heterocycles. The number of nitrogens with zero attached hydrogens (tertiary/aromatic N) is 3. The molecule has 8 heteroatoms. The van der Waals surface area contributed by atoms with Gasteiger partial charge in [0.05, 0.1) is 17.7 Å². The van der Waals surface area contributed by atoms with Gasteiger partial charge in [-0.15, -0.1) is 21.5 Å². The van der Waals surface area contributed by atoms with E-state index in [0.717, 1.165) is 38.7 Å². The van der Waals surface area contributed by atoms with Crippen LogP contribution in [0, 0.1) is 18.6 Å². The molecule has 2 aromatic carbocycles. The summed E-state index contributed by atoms with van der Waals surface area (Å²) < 4.78 is 31.8. The van der Waals surface area contributed by atoms with E-state index >= 15 is 0 Å². The van der Waals surface area contributed by atoms with Gasteiger partial charge >= 0.3 is 0 Å². The summed E-state index contributed by atoms with van der Waals surface area (Å²) in [6.07, 6.45) is 0. The molecule has 2 heterocycles. The van der Waals surface area contributed by atoms with E-state index in [2.05, 4.69) is 15.2 Å². The molecule has 0 atom stereocenters. The fourth-order valence-corrected chi connectivity index (χ4v) is 4.64. The predicted molar refractivity (Wildman–Crippen MR) is 116 cm³/mol. The second-order valence-electron chi connectivity index (χ2n) is 6.49. The normalized spacial score (nSPS) is 10.9.